The van der Waals surface area contributed by atoms with E-state index in [-0.39, 0.29) is 11.8 Å². The van der Waals surface area contributed by atoms with Crippen LogP contribution >= 0.6 is 0 Å². The van der Waals surface area contributed by atoms with Crippen molar-refractivity contribution in [3.05, 3.63) is 35.4 Å². The largest absolute Gasteiger partial charge is 0.380 e. The average molecular weight is 235 g/mol. The zero-order chi connectivity index (χ0) is 12.7. The summed E-state index contributed by atoms with van der Waals surface area (Å²) in [6.45, 7) is 5.11. The van der Waals surface area contributed by atoms with E-state index < -0.39 is 0 Å². The molecule has 1 atom stereocenters. The first-order valence-electron chi connectivity index (χ1n) is 6.02. The quantitative estimate of drug-likeness (QED) is 0.822. The molecular formula is C14H21NO2. The summed E-state index contributed by atoms with van der Waals surface area (Å²) in [5.41, 5.74) is 2.24. The number of carbonyl (C=O) groups is 1. The second-order valence-electron chi connectivity index (χ2n) is 4.23. The number of rotatable bonds is 6. The molecule has 0 aliphatic rings. The van der Waals surface area contributed by atoms with Gasteiger partial charge in [-0.05, 0) is 17.5 Å². The van der Waals surface area contributed by atoms with Gasteiger partial charge in [-0.1, -0.05) is 38.1 Å². The number of hydrogen-bond acceptors (Lipinski definition) is 2. The smallest absolute Gasteiger partial charge is 0.223 e. The summed E-state index contributed by atoms with van der Waals surface area (Å²) in [6, 6.07) is 8.00. The first-order valence-corrected chi connectivity index (χ1v) is 6.02. The van der Waals surface area contributed by atoms with E-state index >= 15 is 0 Å². The van der Waals surface area contributed by atoms with Crippen LogP contribution in [0.25, 0.3) is 0 Å². The molecule has 0 saturated heterocycles. The summed E-state index contributed by atoms with van der Waals surface area (Å²) in [5.74, 6) is 0.185. The molecular weight excluding hydrogens is 214 g/mol. The molecule has 94 valence electrons. The van der Waals surface area contributed by atoms with Gasteiger partial charge in [0.15, 0.2) is 0 Å². The molecule has 0 aromatic heterocycles. The van der Waals surface area contributed by atoms with Gasteiger partial charge in [-0.2, -0.15) is 0 Å². The van der Waals surface area contributed by atoms with Crippen LogP contribution in [-0.2, 0) is 22.7 Å². The van der Waals surface area contributed by atoms with Gasteiger partial charge in [-0.15, -0.1) is 0 Å². The van der Waals surface area contributed by atoms with Gasteiger partial charge in [-0.3, -0.25) is 4.79 Å². The highest BCUT2D eigenvalue weighted by Gasteiger charge is 2.10. The lowest BCUT2D eigenvalue weighted by Crippen LogP contribution is -2.28. The molecule has 0 unspecified atom stereocenters. The summed E-state index contributed by atoms with van der Waals surface area (Å²) >= 11 is 0. The molecule has 1 N–H and O–H groups in total. The first kappa shape index (κ1) is 13.7. The van der Waals surface area contributed by atoms with E-state index in [2.05, 4.69) is 5.32 Å². The maximum absolute atomic E-state index is 11.7. The van der Waals surface area contributed by atoms with Gasteiger partial charge in [0.1, 0.15) is 0 Å². The highest BCUT2D eigenvalue weighted by atomic mass is 16.5. The van der Waals surface area contributed by atoms with E-state index in [0.29, 0.717) is 13.2 Å². The molecule has 0 spiro atoms. The number of ether oxygens (including phenoxy) is 1. The van der Waals surface area contributed by atoms with Crippen molar-refractivity contribution < 1.29 is 9.53 Å². The molecule has 1 amide bonds. The highest BCUT2D eigenvalue weighted by Crippen LogP contribution is 2.10. The molecule has 17 heavy (non-hydrogen) atoms. The molecule has 0 bridgehead atoms. The number of hydrogen-bond donors (Lipinski definition) is 1. The van der Waals surface area contributed by atoms with Gasteiger partial charge in [0.25, 0.3) is 0 Å². The number of nitrogens with one attached hydrogen (secondary N) is 1. The molecule has 0 aliphatic heterocycles. The second kappa shape index (κ2) is 7.07. The van der Waals surface area contributed by atoms with Crippen LogP contribution in [0.1, 0.15) is 31.4 Å². The minimum absolute atomic E-state index is 0.0737. The fourth-order valence-electron chi connectivity index (χ4n) is 1.57. The third kappa shape index (κ3) is 4.19. The van der Waals surface area contributed by atoms with E-state index in [4.69, 9.17) is 4.74 Å². The van der Waals surface area contributed by atoms with Gasteiger partial charge in [0, 0.05) is 19.6 Å². The van der Waals surface area contributed by atoms with Crippen LogP contribution in [0.4, 0.5) is 0 Å². The number of carbonyl (C=O) groups excluding carboxylic acids is 1. The SMILES string of the molecule is CC[C@@H](C)C(=O)NCc1ccccc1COC. The Morgan fingerprint density at radius 2 is 2.00 bits per heavy atom. The monoisotopic (exact) mass is 235 g/mol. The summed E-state index contributed by atoms with van der Waals surface area (Å²) < 4.78 is 5.13. The van der Waals surface area contributed by atoms with Crippen LogP contribution in [0.3, 0.4) is 0 Å². The summed E-state index contributed by atoms with van der Waals surface area (Å²) in [6.07, 6.45) is 0.867. The first-order chi connectivity index (χ1) is 8.19. The molecule has 1 aromatic rings. The van der Waals surface area contributed by atoms with Crippen molar-refractivity contribution in [1.29, 1.82) is 0 Å². The molecule has 0 saturated carbocycles. The Kier molecular flexibility index (Phi) is 5.70. The normalized spacial score (nSPS) is 12.2. The lowest BCUT2D eigenvalue weighted by molar-refractivity contribution is -0.124. The Balaban J connectivity index is 2.59. The Bertz CT molecular complexity index is 363. The molecule has 0 heterocycles. The summed E-state index contributed by atoms with van der Waals surface area (Å²) in [7, 11) is 1.68. The summed E-state index contributed by atoms with van der Waals surface area (Å²) in [4.78, 5) is 11.7. The molecule has 0 radical (unpaired) electrons. The zero-order valence-electron chi connectivity index (χ0n) is 10.8. The third-order valence-corrected chi connectivity index (χ3v) is 2.93. The van der Waals surface area contributed by atoms with Crippen molar-refractivity contribution in [3.8, 4) is 0 Å². The van der Waals surface area contributed by atoms with Crippen molar-refractivity contribution in [2.45, 2.75) is 33.4 Å². The topological polar surface area (TPSA) is 38.3 Å². The minimum atomic E-state index is 0.0737. The molecule has 1 aromatic carbocycles. The molecule has 0 aliphatic carbocycles. The lowest BCUT2D eigenvalue weighted by atomic mass is 10.1. The maximum Gasteiger partial charge on any atom is 0.223 e. The van der Waals surface area contributed by atoms with Crippen molar-refractivity contribution in [2.75, 3.05) is 7.11 Å². The number of amides is 1. The van der Waals surface area contributed by atoms with Crippen LogP contribution < -0.4 is 5.32 Å². The van der Waals surface area contributed by atoms with Gasteiger partial charge in [0.05, 0.1) is 6.61 Å². The lowest BCUT2D eigenvalue weighted by Gasteiger charge is -2.12. The maximum atomic E-state index is 11.7. The second-order valence-corrected chi connectivity index (χ2v) is 4.23. The van der Waals surface area contributed by atoms with Crippen LogP contribution in [0.15, 0.2) is 24.3 Å². The third-order valence-electron chi connectivity index (χ3n) is 2.93. The predicted octanol–water partition coefficient (Wildman–Crippen LogP) is 2.50. The van der Waals surface area contributed by atoms with E-state index in [1.54, 1.807) is 7.11 Å². The zero-order valence-corrected chi connectivity index (χ0v) is 10.8. The van der Waals surface area contributed by atoms with Crippen molar-refractivity contribution >= 4 is 5.91 Å². The fraction of sp³-hybridized carbons (Fsp3) is 0.500. The molecule has 3 heteroatoms. The Labute approximate surface area is 103 Å². The van der Waals surface area contributed by atoms with Gasteiger partial charge >= 0.3 is 0 Å². The molecule has 3 nitrogen and oxygen atoms in total. The Morgan fingerprint density at radius 3 is 2.59 bits per heavy atom. The molecule has 0 fully saturated rings. The van der Waals surface area contributed by atoms with Gasteiger partial charge in [0.2, 0.25) is 5.91 Å². The van der Waals surface area contributed by atoms with Crippen LogP contribution in [-0.4, -0.2) is 13.0 Å². The van der Waals surface area contributed by atoms with E-state index in [1.165, 1.54) is 0 Å². The van der Waals surface area contributed by atoms with E-state index in [9.17, 15) is 4.79 Å². The highest BCUT2D eigenvalue weighted by molar-refractivity contribution is 5.78. The van der Waals surface area contributed by atoms with E-state index in [0.717, 1.165) is 17.5 Å². The Hall–Kier alpha value is -1.35. The van der Waals surface area contributed by atoms with E-state index in [1.807, 2.05) is 38.1 Å². The minimum Gasteiger partial charge on any atom is -0.380 e. The molecule has 1 rings (SSSR count). The van der Waals surface area contributed by atoms with Gasteiger partial charge < -0.3 is 10.1 Å². The Morgan fingerprint density at radius 1 is 1.35 bits per heavy atom. The number of benzene rings is 1. The van der Waals surface area contributed by atoms with Crippen LogP contribution in [0, 0.1) is 5.92 Å². The van der Waals surface area contributed by atoms with Crippen LogP contribution in [0.2, 0.25) is 0 Å². The van der Waals surface area contributed by atoms with Crippen molar-refractivity contribution in [3.63, 3.8) is 0 Å². The van der Waals surface area contributed by atoms with Crippen molar-refractivity contribution in [1.82, 2.24) is 5.32 Å². The predicted molar refractivity (Wildman–Crippen MR) is 68.5 cm³/mol. The summed E-state index contributed by atoms with van der Waals surface area (Å²) in [5, 5.41) is 2.95. The standard InChI is InChI=1S/C14H21NO2/c1-4-11(2)14(16)15-9-12-7-5-6-8-13(12)10-17-3/h5-8,11H,4,9-10H2,1-3H3,(H,15,16)/t11-/m1/s1. The number of methoxy groups -OCH3 is 1. The van der Waals surface area contributed by atoms with Crippen molar-refractivity contribution in [2.24, 2.45) is 5.92 Å². The van der Waals surface area contributed by atoms with Gasteiger partial charge in [-0.25, -0.2) is 0 Å². The average Bonchev–Trinajstić information content (AvgIpc) is 2.36. The fourth-order valence-corrected chi connectivity index (χ4v) is 1.57. The van der Waals surface area contributed by atoms with Crippen LogP contribution in [0.5, 0.6) is 0 Å².